The minimum atomic E-state index is -0.433. The fraction of sp³-hybridized carbons (Fsp3) is 0.308. The molecule has 1 heterocycles. The lowest BCUT2D eigenvalue weighted by molar-refractivity contribution is 0.249. The van der Waals surface area contributed by atoms with Crippen molar-refractivity contribution < 1.29 is 9.18 Å². The van der Waals surface area contributed by atoms with Gasteiger partial charge in [0, 0.05) is 17.2 Å². The molecule has 3 nitrogen and oxygen atoms in total. The SMILES string of the molecule is O=C1Nc2cc(Br)c(F)cc2C(C#CC2CC2)N1. The quantitative estimate of drug-likeness (QED) is 0.710. The van der Waals surface area contributed by atoms with Gasteiger partial charge in [-0.3, -0.25) is 0 Å². The van der Waals surface area contributed by atoms with E-state index in [1.54, 1.807) is 6.07 Å². The van der Waals surface area contributed by atoms with Gasteiger partial charge in [0.05, 0.1) is 4.47 Å². The standard InChI is InChI=1S/C13H10BrFN2O/c14-9-6-12-8(5-10(9)15)11(16-13(18)17-12)4-3-7-1-2-7/h5-7,11H,1-2H2,(H2,16,17,18). The fourth-order valence-electron chi connectivity index (χ4n) is 1.82. The summed E-state index contributed by atoms with van der Waals surface area (Å²) in [5.41, 5.74) is 1.27. The molecule has 18 heavy (non-hydrogen) atoms. The van der Waals surface area contributed by atoms with Gasteiger partial charge in [0.15, 0.2) is 0 Å². The number of benzene rings is 1. The summed E-state index contributed by atoms with van der Waals surface area (Å²) in [6.45, 7) is 0. The van der Waals surface area contributed by atoms with Crippen LogP contribution in [0.2, 0.25) is 0 Å². The maximum Gasteiger partial charge on any atom is 0.320 e. The van der Waals surface area contributed by atoms with E-state index in [0.717, 1.165) is 12.8 Å². The van der Waals surface area contributed by atoms with E-state index in [4.69, 9.17) is 0 Å². The second-order valence-electron chi connectivity index (χ2n) is 4.45. The molecule has 3 rings (SSSR count). The molecule has 0 saturated heterocycles. The van der Waals surface area contributed by atoms with Crippen molar-refractivity contribution >= 4 is 27.6 Å². The molecule has 1 saturated carbocycles. The average molecular weight is 309 g/mol. The molecule has 1 aliphatic heterocycles. The summed E-state index contributed by atoms with van der Waals surface area (Å²) in [5, 5.41) is 5.34. The molecule has 1 fully saturated rings. The predicted octanol–water partition coefficient (Wildman–Crippen LogP) is 3.18. The van der Waals surface area contributed by atoms with Crippen LogP contribution >= 0.6 is 15.9 Å². The summed E-state index contributed by atoms with van der Waals surface area (Å²) in [6.07, 6.45) is 2.24. The highest BCUT2D eigenvalue weighted by Crippen LogP contribution is 2.32. The van der Waals surface area contributed by atoms with Gasteiger partial charge in [-0.15, -0.1) is 0 Å². The molecule has 1 aromatic rings. The lowest BCUT2D eigenvalue weighted by Crippen LogP contribution is -2.37. The number of amides is 2. The largest absolute Gasteiger partial charge is 0.320 e. The van der Waals surface area contributed by atoms with Gasteiger partial charge in [0.1, 0.15) is 11.9 Å². The summed E-state index contributed by atoms with van der Waals surface area (Å²) in [6, 6.07) is 2.22. The molecule has 0 spiro atoms. The van der Waals surface area contributed by atoms with Crippen molar-refractivity contribution in [3.8, 4) is 11.8 Å². The van der Waals surface area contributed by atoms with Crippen LogP contribution in [0, 0.1) is 23.6 Å². The van der Waals surface area contributed by atoms with E-state index in [0.29, 0.717) is 21.6 Å². The number of hydrogen-bond acceptors (Lipinski definition) is 1. The second kappa shape index (κ2) is 4.29. The van der Waals surface area contributed by atoms with Crippen LogP contribution < -0.4 is 10.6 Å². The molecular weight excluding hydrogens is 299 g/mol. The number of fused-ring (bicyclic) bond motifs is 1. The first-order chi connectivity index (χ1) is 8.63. The Bertz CT molecular complexity index is 587. The van der Waals surface area contributed by atoms with E-state index < -0.39 is 6.04 Å². The number of urea groups is 1. The van der Waals surface area contributed by atoms with Gasteiger partial charge in [-0.25, -0.2) is 9.18 Å². The van der Waals surface area contributed by atoms with E-state index >= 15 is 0 Å². The topological polar surface area (TPSA) is 41.1 Å². The average Bonchev–Trinajstić information content (AvgIpc) is 3.12. The minimum Gasteiger partial charge on any atom is -0.320 e. The summed E-state index contributed by atoms with van der Waals surface area (Å²) in [4.78, 5) is 11.5. The molecule has 0 radical (unpaired) electrons. The van der Waals surface area contributed by atoms with Crippen LogP contribution in [0.3, 0.4) is 0 Å². The molecule has 1 unspecified atom stereocenters. The van der Waals surface area contributed by atoms with Crippen molar-refractivity contribution in [1.82, 2.24) is 5.32 Å². The first-order valence-corrected chi connectivity index (χ1v) is 6.50. The number of nitrogens with one attached hydrogen (secondary N) is 2. The van der Waals surface area contributed by atoms with Crippen molar-refractivity contribution in [2.24, 2.45) is 5.92 Å². The Hall–Kier alpha value is -1.54. The van der Waals surface area contributed by atoms with E-state index in [9.17, 15) is 9.18 Å². The van der Waals surface area contributed by atoms with Crippen molar-refractivity contribution in [2.75, 3.05) is 5.32 Å². The number of anilines is 1. The first-order valence-electron chi connectivity index (χ1n) is 5.71. The third-order valence-electron chi connectivity index (χ3n) is 2.94. The van der Waals surface area contributed by atoms with Gasteiger partial charge in [0.25, 0.3) is 0 Å². The van der Waals surface area contributed by atoms with E-state index in [-0.39, 0.29) is 11.8 Å². The van der Waals surface area contributed by atoms with Crippen molar-refractivity contribution in [2.45, 2.75) is 18.9 Å². The predicted molar refractivity (Wildman–Crippen MR) is 69.5 cm³/mol. The van der Waals surface area contributed by atoms with Gasteiger partial charge >= 0.3 is 6.03 Å². The van der Waals surface area contributed by atoms with E-state index in [1.165, 1.54) is 6.07 Å². The highest BCUT2D eigenvalue weighted by atomic mass is 79.9. The molecule has 92 valence electrons. The Labute approximate surface area is 112 Å². The maximum absolute atomic E-state index is 13.6. The van der Waals surface area contributed by atoms with Gasteiger partial charge in [-0.2, -0.15) is 0 Å². The zero-order chi connectivity index (χ0) is 12.7. The van der Waals surface area contributed by atoms with Crippen molar-refractivity contribution in [1.29, 1.82) is 0 Å². The highest BCUT2D eigenvalue weighted by Gasteiger charge is 2.25. The number of carbonyl (C=O) groups is 1. The number of carbonyl (C=O) groups excluding carboxylic acids is 1. The Kier molecular flexibility index (Phi) is 2.75. The maximum atomic E-state index is 13.6. The number of halogens is 2. The van der Waals surface area contributed by atoms with E-state index in [1.807, 2.05) is 0 Å². The third kappa shape index (κ3) is 2.21. The normalized spacial score (nSPS) is 21.2. The zero-order valence-electron chi connectivity index (χ0n) is 9.39. The summed E-state index contributed by atoms with van der Waals surface area (Å²) in [5.74, 6) is 6.20. The summed E-state index contributed by atoms with van der Waals surface area (Å²) < 4.78 is 13.9. The Morgan fingerprint density at radius 2 is 2.11 bits per heavy atom. The second-order valence-corrected chi connectivity index (χ2v) is 5.30. The van der Waals surface area contributed by atoms with Gasteiger partial charge in [-0.05, 0) is 40.9 Å². The lowest BCUT2D eigenvalue weighted by Gasteiger charge is -2.24. The minimum absolute atomic E-state index is 0.309. The van der Waals surface area contributed by atoms with Crippen LogP contribution in [0.15, 0.2) is 16.6 Å². The van der Waals surface area contributed by atoms with Crippen LogP contribution in [-0.2, 0) is 0 Å². The monoisotopic (exact) mass is 308 g/mol. The van der Waals surface area contributed by atoms with Crippen molar-refractivity contribution in [3.05, 3.63) is 28.0 Å². The van der Waals surface area contributed by atoms with Gasteiger partial charge in [0.2, 0.25) is 0 Å². The van der Waals surface area contributed by atoms with Crippen LogP contribution in [0.5, 0.6) is 0 Å². The lowest BCUT2D eigenvalue weighted by atomic mass is 10.0. The molecular formula is C13H10BrFN2O. The Balaban J connectivity index is 2.00. The molecule has 2 N–H and O–H groups in total. The van der Waals surface area contributed by atoms with Crippen LogP contribution in [0.25, 0.3) is 0 Å². The zero-order valence-corrected chi connectivity index (χ0v) is 11.0. The van der Waals surface area contributed by atoms with Crippen molar-refractivity contribution in [3.63, 3.8) is 0 Å². The molecule has 1 aliphatic carbocycles. The third-order valence-corrected chi connectivity index (χ3v) is 3.54. The molecule has 0 aromatic heterocycles. The fourth-order valence-corrected chi connectivity index (χ4v) is 2.16. The Morgan fingerprint density at radius 1 is 1.33 bits per heavy atom. The van der Waals surface area contributed by atoms with E-state index in [2.05, 4.69) is 38.4 Å². The highest BCUT2D eigenvalue weighted by molar-refractivity contribution is 9.10. The van der Waals surface area contributed by atoms with Gasteiger partial charge < -0.3 is 10.6 Å². The number of hydrogen-bond donors (Lipinski definition) is 2. The smallest absolute Gasteiger partial charge is 0.320 e. The molecule has 5 heteroatoms. The molecule has 0 bridgehead atoms. The molecule has 2 aliphatic rings. The Morgan fingerprint density at radius 3 is 2.83 bits per heavy atom. The molecule has 2 amide bonds. The van der Waals surface area contributed by atoms with Crippen LogP contribution in [0.1, 0.15) is 24.4 Å². The first kappa shape index (κ1) is 11.5. The molecule has 1 atom stereocenters. The van der Waals surface area contributed by atoms with Crippen LogP contribution in [-0.4, -0.2) is 6.03 Å². The van der Waals surface area contributed by atoms with Crippen LogP contribution in [0.4, 0.5) is 14.9 Å². The summed E-state index contributed by atoms with van der Waals surface area (Å²) in [7, 11) is 0. The summed E-state index contributed by atoms with van der Waals surface area (Å²) >= 11 is 3.10. The van der Waals surface area contributed by atoms with Gasteiger partial charge in [-0.1, -0.05) is 11.8 Å². The number of rotatable bonds is 0. The molecule has 1 aromatic carbocycles.